The Morgan fingerprint density at radius 2 is 0.957 bits per heavy atom. The van der Waals surface area contributed by atoms with E-state index in [-0.39, 0.29) is 0 Å². The average molecular weight is 394 g/mol. The van der Waals surface area contributed by atoms with Crippen molar-refractivity contribution in [1.29, 1.82) is 0 Å². The first-order valence-electron chi connectivity index (χ1n) is 5.34. The molecule has 0 saturated heterocycles. The second-order valence-electron chi connectivity index (χ2n) is 4.14. The van der Waals surface area contributed by atoms with Crippen molar-refractivity contribution in [2.45, 2.75) is 42.3 Å². The van der Waals surface area contributed by atoms with Gasteiger partial charge in [-0.1, -0.05) is 0 Å². The molecule has 0 rings (SSSR count). The van der Waals surface area contributed by atoms with Gasteiger partial charge in [0.15, 0.2) is 0 Å². The molecule has 0 saturated carbocycles. The molecular weight excluding hydrogens is 387 g/mol. The predicted molar refractivity (Wildman–Crippen MR) is 51.0 cm³/mol. The molecule has 0 aliphatic heterocycles. The molecule has 1 nitrogen and oxygen atoms in total. The van der Waals surface area contributed by atoms with Crippen LogP contribution in [0.2, 0.25) is 0 Å². The fourth-order valence-electron chi connectivity index (χ4n) is 1.12. The first kappa shape index (κ1) is 22.3. The Morgan fingerprint density at radius 1 is 0.609 bits per heavy atom. The summed E-state index contributed by atoms with van der Waals surface area (Å²) in [6.07, 6.45) is -7.39. The van der Waals surface area contributed by atoms with E-state index < -0.39 is 51.8 Å². The number of hydrogen-bond donors (Lipinski definition) is 0. The second kappa shape index (κ2) is 5.97. The Balaban J connectivity index is 6.03. The lowest BCUT2D eigenvalue weighted by Gasteiger charge is -2.39. The molecule has 0 aromatic rings. The van der Waals surface area contributed by atoms with E-state index in [2.05, 4.69) is 4.43 Å². The fourth-order valence-corrected chi connectivity index (χ4v) is 1.99. The molecule has 15 heteroatoms. The summed E-state index contributed by atoms with van der Waals surface area (Å²) in [6.45, 7) is 0.213. The zero-order valence-corrected chi connectivity index (χ0v) is 12.2. The summed E-state index contributed by atoms with van der Waals surface area (Å²) >= 11 is 0. The minimum atomic E-state index is -7.84. The fraction of sp³-hybridized carbons (Fsp3) is 1.00. The van der Waals surface area contributed by atoms with Gasteiger partial charge in [0, 0.05) is 6.61 Å². The molecule has 0 unspecified atom stereocenters. The van der Waals surface area contributed by atoms with Crippen LogP contribution in [0.1, 0.15) is 6.92 Å². The Hall–Kier alpha value is -0.733. The summed E-state index contributed by atoms with van der Waals surface area (Å²) in [5.41, 5.74) is -6.02. The van der Waals surface area contributed by atoms with E-state index in [1.54, 1.807) is 0 Å². The van der Waals surface area contributed by atoms with Gasteiger partial charge in [0.1, 0.15) is 0 Å². The van der Waals surface area contributed by atoms with Crippen LogP contribution in [-0.2, 0) is 4.43 Å². The zero-order valence-electron chi connectivity index (χ0n) is 10.7. The Labute approximate surface area is 121 Å². The Morgan fingerprint density at radius 3 is 1.26 bits per heavy atom. The highest BCUT2D eigenvalue weighted by Crippen LogP contribution is 2.59. The number of halogens is 13. The van der Waals surface area contributed by atoms with Gasteiger partial charge in [0.2, 0.25) is 9.76 Å². The molecule has 0 N–H and O–H groups in total. The van der Waals surface area contributed by atoms with Crippen LogP contribution in [0, 0.1) is 0 Å². The van der Waals surface area contributed by atoms with E-state index in [1.165, 1.54) is 0 Å². The maximum atomic E-state index is 13.0. The molecule has 0 amide bonds. The third-order valence-electron chi connectivity index (χ3n) is 2.49. The maximum Gasteiger partial charge on any atom is 0.460 e. The Bertz CT molecular complexity index is 415. The van der Waals surface area contributed by atoms with Gasteiger partial charge in [-0.3, -0.25) is 0 Å². The molecule has 0 aromatic heterocycles. The topological polar surface area (TPSA) is 9.23 Å². The number of alkyl halides is 13. The third kappa shape index (κ3) is 3.25. The van der Waals surface area contributed by atoms with Crippen molar-refractivity contribution >= 4 is 9.76 Å². The van der Waals surface area contributed by atoms with Crippen molar-refractivity contribution < 1.29 is 61.5 Å². The van der Waals surface area contributed by atoms with Crippen molar-refractivity contribution in [3.63, 3.8) is 0 Å². The first-order chi connectivity index (χ1) is 9.81. The van der Waals surface area contributed by atoms with E-state index in [1.807, 2.05) is 0 Å². The molecule has 0 bridgehead atoms. The van der Waals surface area contributed by atoms with Crippen LogP contribution in [0.15, 0.2) is 0 Å². The van der Waals surface area contributed by atoms with Crippen LogP contribution in [0.3, 0.4) is 0 Å². The highest BCUT2D eigenvalue weighted by atomic mass is 28.2. The average Bonchev–Trinajstić information content (AvgIpc) is 2.34. The molecule has 0 aliphatic carbocycles. The van der Waals surface area contributed by atoms with Crippen molar-refractivity contribution in [2.24, 2.45) is 0 Å². The number of rotatable bonds is 7. The zero-order chi connectivity index (χ0) is 19.1. The molecule has 0 fully saturated rings. The van der Waals surface area contributed by atoms with Gasteiger partial charge in [-0.25, -0.2) is 8.78 Å². The maximum absolute atomic E-state index is 13.0. The van der Waals surface area contributed by atoms with Crippen molar-refractivity contribution in [2.75, 3.05) is 6.61 Å². The monoisotopic (exact) mass is 394 g/mol. The highest BCUT2D eigenvalue weighted by Gasteiger charge is 2.90. The van der Waals surface area contributed by atoms with Crippen molar-refractivity contribution in [3.05, 3.63) is 0 Å². The van der Waals surface area contributed by atoms with Gasteiger partial charge in [-0.05, 0) is 6.92 Å². The van der Waals surface area contributed by atoms with Gasteiger partial charge in [-0.15, -0.1) is 0 Å². The van der Waals surface area contributed by atoms with E-state index in [9.17, 15) is 57.1 Å². The van der Waals surface area contributed by atoms with Crippen LogP contribution in [0.4, 0.5) is 57.1 Å². The van der Waals surface area contributed by atoms with Crippen molar-refractivity contribution in [3.8, 4) is 0 Å². The standard InChI is InChI=1S/C8H7F13OSi/c1-2-22-23-8(20,21)6(15,16)4(11,12)3(9,10)5(13,14)7(17,18)19/h2,23H2,1H3. The van der Waals surface area contributed by atoms with Crippen LogP contribution in [-0.4, -0.2) is 51.8 Å². The summed E-state index contributed by atoms with van der Waals surface area (Å²) in [4.78, 5) is 0. The molecule has 0 heterocycles. The molecule has 0 aliphatic rings. The lowest BCUT2D eigenvalue weighted by molar-refractivity contribution is -0.434. The summed E-state index contributed by atoms with van der Waals surface area (Å²) in [7, 11) is -4.00. The molecule has 0 radical (unpaired) electrons. The van der Waals surface area contributed by atoms with Gasteiger partial charge in [0.25, 0.3) is 0 Å². The minimum absolute atomic E-state index is 0.724. The Kier molecular flexibility index (Phi) is 5.78. The van der Waals surface area contributed by atoms with Gasteiger partial charge in [-0.2, -0.15) is 48.3 Å². The molecule has 140 valence electrons. The first-order valence-corrected chi connectivity index (χ1v) is 6.63. The van der Waals surface area contributed by atoms with Crippen LogP contribution < -0.4 is 0 Å². The normalized spacial score (nSPS) is 16.4. The van der Waals surface area contributed by atoms with Crippen LogP contribution in [0.5, 0.6) is 0 Å². The van der Waals surface area contributed by atoms with E-state index >= 15 is 0 Å². The quantitative estimate of drug-likeness (QED) is 0.472. The summed E-state index contributed by atoms with van der Waals surface area (Å²) in [5.74, 6) is -30.5. The summed E-state index contributed by atoms with van der Waals surface area (Å²) < 4.78 is 167. The second-order valence-corrected chi connectivity index (χ2v) is 5.72. The van der Waals surface area contributed by atoms with Crippen molar-refractivity contribution in [1.82, 2.24) is 0 Å². The van der Waals surface area contributed by atoms with Crippen LogP contribution in [0.25, 0.3) is 0 Å². The van der Waals surface area contributed by atoms with E-state index in [0.29, 0.717) is 0 Å². The molecular formula is C8H7F13OSi. The predicted octanol–water partition coefficient (Wildman–Crippen LogP) is 3.80. The number of hydrogen-bond acceptors (Lipinski definition) is 1. The summed E-state index contributed by atoms with van der Waals surface area (Å²) in [6, 6.07) is 0. The molecule has 0 atom stereocenters. The lowest BCUT2D eigenvalue weighted by atomic mass is 9.98. The molecule has 0 spiro atoms. The smallest absolute Gasteiger partial charge is 0.417 e. The van der Waals surface area contributed by atoms with Crippen LogP contribution >= 0.6 is 0 Å². The van der Waals surface area contributed by atoms with Gasteiger partial charge < -0.3 is 4.43 Å². The minimum Gasteiger partial charge on any atom is -0.417 e. The molecule has 0 aromatic carbocycles. The van der Waals surface area contributed by atoms with Gasteiger partial charge >= 0.3 is 35.4 Å². The lowest BCUT2D eigenvalue weighted by Crippen LogP contribution is -2.71. The highest BCUT2D eigenvalue weighted by molar-refractivity contribution is 6.31. The van der Waals surface area contributed by atoms with E-state index in [0.717, 1.165) is 6.92 Å². The third-order valence-corrected chi connectivity index (χ3v) is 3.90. The summed E-state index contributed by atoms with van der Waals surface area (Å²) in [5, 5.41) is 0. The van der Waals surface area contributed by atoms with E-state index in [4.69, 9.17) is 0 Å². The largest absolute Gasteiger partial charge is 0.460 e. The molecule has 23 heavy (non-hydrogen) atoms. The van der Waals surface area contributed by atoms with Gasteiger partial charge in [0.05, 0.1) is 0 Å². The SMILES string of the molecule is CCO[SiH2]C(F)(F)C(F)(F)C(F)(F)C(F)(F)C(F)(F)C(F)(F)F.